The standard InChI is InChI=1S/C15H26O2/c1-9(2)11-5-6-15(4,17)13-8-14(16)10(3)7-12(11)13/h7,9,11-14,16-17H,5-6,8H2,1-4H3/t11-,12-,13-,14-,15+/m1/s1. The Morgan fingerprint density at radius 2 is 2.06 bits per heavy atom. The van der Waals surface area contributed by atoms with E-state index in [9.17, 15) is 10.2 Å². The van der Waals surface area contributed by atoms with Crippen LogP contribution in [0.1, 0.15) is 47.0 Å². The van der Waals surface area contributed by atoms with Crippen molar-refractivity contribution < 1.29 is 10.2 Å². The molecule has 2 rings (SSSR count). The summed E-state index contributed by atoms with van der Waals surface area (Å²) in [5.41, 5.74) is 0.489. The van der Waals surface area contributed by atoms with Crippen LogP contribution in [0.3, 0.4) is 0 Å². The average Bonchev–Trinajstić information content (AvgIpc) is 2.20. The van der Waals surface area contributed by atoms with E-state index in [1.54, 1.807) is 0 Å². The smallest absolute Gasteiger partial charge is 0.0751 e. The fraction of sp³-hybridized carbons (Fsp3) is 0.867. The maximum atomic E-state index is 10.5. The molecular weight excluding hydrogens is 212 g/mol. The highest BCUT2D eigenvalue weighted by Gasteiger charge is 2.47. The molecule has 0 unspecified atom stereocenters. The summed E-state index contributed by atoms with van der Waals surface area (Å²) in [6.07, 6.45) is 4.58. The van der Waals surface area contributed by atoms with Gasteiger partial charge in [-0.2, -0.15) is 0 Å². The highest BCUT2D eigenvalue weighted by atomic mass is 16.3. The molecule has 5 atom stereocenters. The van der Waals surface area contributed by atoms with Gasteiger partial charge < -0.3 is 10.2 Å². The molecule has 0 aromatic heterocycles. The fourth-order valence-electron chi connectivity index (χ4n) is 3.82. The molecule has 2 N–H and O–H groups in total. The largest absolute Gasteiger partial charge is 0.390 e. The maximum Gasteiger partial charge on any atom is 0.0751 e. The van der Waals surface area contributed by atoms with Gasteiger partial charge in [0.25, 0.3) is 0 Å². The average molecular weight is 238 g/mol. The van der Waals surface area contributed by atoms with Gasteiger partial charge in [0, 0.05) is 0 Å². The summed E-state index contributed by atoms with van der Waals surface area (Å²) in [6, 6.07) is 0. The van der Waals surface area contributed by atoms with Gasteiger partial charge >= 0.3 is 0 Å². The summed E-state index contributed by atoms with van der Waals surface area (Å²) in [5.74, 6) is 1.98. The molecule has 0 radical (unpaired) electrons. The second-order valence-electron chi connectivity index (χ2n) is 6.65. The minimum absolute atomic E-state index is 0.224. The summed E-state index contributed by atoms with van der Waals surface area (Å²) < 4.78 is 0. The Morgan fingerprint density at radius 3 is 2.65 bits per heavy atom. The van der Waals surface area contributed by atoms with E-state index in [0.717, 1.165) is 24.8 Å². The Kier molecular flexibility index (Phi) is 3.39. The first-order valence-corrected chi connectivity index (χ1v) is 6.91. The van der Waals surface area contributed by atoms with Crippen LogP contribution >= 0.6 is 0 Å². The van der Waals surface area contributed by atoms with E-state index in [0.29, 0.717) is 17.8 Å². The van der Waals surface area contributed by atoms with Crippen LogP contribution in [-0.4, -0.2) is 21.9 Å². The Morgan fingerprint density at radius 1 is 1.41 bits per heavy atom. The maximum absolute atomic E-state index is 10.5. The van der Waals surface area contributed by atoms with Crippen molar-refractivity contribution in [2.24, 2.45) is 23.7 Å². The molecule has 2 heteroatoms. The molecule has 1 fully saturated rings. The Labute approximate surface area is 105 Å². The van der Waals surface area contributed by atoms with E-state index in [2.05, 4.69) is 19.9 Å². The lowest BCUT2D eigenvalue weighted by molar-refractivity contribution is -0.0927. The van der Waals surface area contributed by atoms with Crippen LogP contribution in [0.15, 0.2) is 11.6 Å². The van der Waals surface area contributed by atoms with Gasteiger partial charge in [-0.1, -0.05) is 19.9 Å². The third kappa shape index (κ3) is 2.30. The number of allylic oxidation sites excluding steroid dienone is 1. The molecular formula is C15H26O2. The van der Waals surface area contributed by atoms with Crippen molar-refractivity contribution in [3.05, 3.63) is 11.6 Å². The third-order valence-corrected chi connectivity index (χ3v) is 5.06. The fourth-order valence-corrected chi connectivity index (χ4v) is 3.82. The molecule has 0 bridgehead atoms. The number of hydrogen-bond acceptors (Lipinski definition) is 2. The Balaban J connectivity index is 2.32. The van der Waals surface area contributed by atoms with E-state index < -0.39 is 5.60 Å². The van der Waals surface area contributed by atoms with Crippen molar-refractivity contribution in [2.45, 2.75) is 58.7 Å². The molecule has 0 aromatic carbocycles. The second kappa shape index (κ2) is 4.40. The van der Waals surface area contributed by atoms with Crippen molar-refractivity contribution >= 4 is 0 Å². The van der Waals surface area contributed by atoms with Crippen molar-refractivity contribution in [1.29, 1.82) is 0 Å². The summed E-state index contributed by atoms with van der Waals surface area (Å²) in [4.78, 5) is 0. The van der Waals surface area contributed by atoms with Crippen molar-refractivity contribution in [3.8, 4) is 0 Å². The first-order valence-electron chi connectivity index (χ1n) is 6.91. The van der Waals surface area contributed by atoms with Gasteiger partial charge in [0.1, 0.15) is 0 Å². The van der Waals surface area contributed by atoms with Crippen LogP contribution in [-0.2, 0) is 0 Å². The summed E-state index contributed by atoms with van der Waals surface area (Å²) in [6.45, 7) is 8.51. The predicted octanol–water partition coefficient (Wildman–Crippen LogP) is 2.75. The van der Waals surface area contributed by atoms with Crippen LogP contribution in [0.5, 0.6) is 0 Å². The first-order chi connectivity index (χ1) is 7.83. The molecule has 2 aliphatic carbocycles. The quantitative estimate of drug-likeness (QED) is 0.690. The topological polar surface area (TPSA) is 40.5 Å². The minimum atomic E-state index is -0.603. The lowest BCUT2D eigenvalue weighted by Gasteiger charge is -2.50. The molecule has 2 nitrogen and oxygen atoms in total. The second-order valence-corrected chi connectivity index (χ2v) is 6.65. The van der Waals surface area contributed by atoms with Crippen LogP contribution in [0.2, 0.25) is 0 Å². The minimum Gasteiger partial charge on any atom is -0.390 e. The van der Waals surface area contributed by atoms with E-state index in [1.165, 1.54) is 0 Å². The lowest BCUT2D eigenvalue weighted by Crippen LogP contribution is -2.50. The molecule has 0 spiro atoms. The van der Waals surface area contributed by atoms with Crippen LogP contribution in [0, 0.1) is 23.7 Å². The summed E-state index contributed by atoms with van der Waals surface area (Å²) in [7, 11) is 0. The first kappa shape index (κ1) is 13.1. The molecule has 17 heavy (non-hydrogen) atoms. The molecule has 1 saturated carbocycles. The van der Waals surface area contributed by atoms with E-state index >= 15 is 0 Å². The van der Waals surface area contributed by atoms with Crippen molar-refractivity contribution in [2.75, 3.05) is 0 Å². The molecule has 0 saturated heterocycles. The molecule has 0 heterocycles. The number of hydrogen-bond donors (Lipinski definition) is 2. The number of rotatable bonds is 1. The highest BCUT2D eigenvalue weighted by Crippen LogP contribution is 2.49. The lowest BCUT2D eigenvalue weighted by atomic mass is 9.58. The van der Waals surface area contributed by atoms with Gasteiger partial charge in [0.15, 0.2) is 0 Å². The zero-order valence-corrected chi connectivity index (χ0v) is 11.5. The summed E-state index contributed by atoms with van der Waals surface area (Å²) in [5, 5.41) is 20.5. The Bertz CT molecular complexity index is 317. The molecule has 2 aliphatic rings. The van der Waals surface area contributed by atoms with Crippen LogP contribution in [0.25, 0.3) is 0 Å². The van der Waals surface area contributed by atoms with E-state index in [4.69, 9.17) is 0 Å². The number of aliphatic hydroxyl groups is 2. The SMILES string of the molecule is CC1=C[C@@H]2[C@@H](C(C)C)CC[C@](C)(O)[C@@H]2C[C@H]1O. The van der Waals surface area contributed by atoms with Crippen molar-refractivity contribution in [1.82, 2.24) is 0 Å². The summed E-state index contributed by atoms with van der Waals surface area (Å²) >= 11 is 0. The molecule has 0 aliphatic heterocycles. The zero-order valence-electron chi connectivity index (χ0n) is 11.5. The predicted molar refractivity (Wildman–Crippen MR) is 69.5 cm³/mol. The van der Waals surface area contributed by atoms with Crippen LogP contribution < -0.4 is 0 Å². The molecule has 0 aromatic rings. The third-order valence-electron chi connectivity index (χ3n) is 5.06. The molecule has 0 amide bonds. The van der Waals surface area contributed by atoms with Gasteiger partial charge in [-0.15, -0.1) is 0 Å². The van der Waals surface area contributed by atoms with Gasteiger partial charge in [-0.05, 0) is 62.4 Å². The Hall–Kier alpha value is -0.340. The van der Waals surface area contributed by atoms with E-state index in [1.807, 2.05) is 13.8 Å². The van der Waals surface area contributed by atoms with Gasteiger partial charge in [-0.3, -0.25) is 0 Å². The monoisotopic (exact) mass is 238 g/mol. The number of aliphatic hydroxyl groups excluding tert-OH is 1. The van der Waals surface area contributed by atoms with Crippen molar-refractivity contribution in [3.63, 3.8) is 0 Å². The zero-order chi connectivity index (χ0) is 12.8. The molecule has 98 valence electrons. The number of fused-ring (bicyclic) bond motifs is 1. The van der Waals surface area contributed by atoms with Gasteiger partial charge in [0.2, 0.25) is 0 Å². The highest BCUT2D eigenvalue weighted by molar-refractivity contribution is 5.17. The van der Waals surface area contributed by atoms with Gasteiger partial charge in [0.05, 0.1) is 11.7 Å². The van der Waals surface area contributed by atoms with Gasteiger partial charge in [-0.25, -0.2) is 0 Å². The normalized spacial score (nSPS) is 46.6. The van der Waals surface area contributed by atoms with E-state index in [-0.39, 0.29) is 12.0 Å². The van der Waals surface area contributed by atoms with Crippen LogP contribution in [0.4, 0.5) is 0 Å².